The lowest BCUT2D eigenvalue weighted by Crippen LogP contribution is -1.93. The van der Waals surface area contributed by atoms with Crippen LogP contribution in [0.25, 0.3) is 0 Å². The summed E-state index contributed by atoms with van der Waals surface area (Å²) in [6.45, 7) is 0. The number of benzene rings is 1. The Hall–Kier alpha value is -1.13. The maximum Gasteiger partial charge on any atom is 0.180 e. The third kappa shape index (κ3) is 2.35. The first-order valence-electron chi connectivity index (χ1n) is 5.82. The minimum absolute atomic E-state index is 0.264. The zero-order chi connectivity index (χ0) is 12.7. The highest BCUT2D eigenvalue weighted by Gasteiger charge is 2.29. The van der Waals surface area contributed by atoms with Gasteiger partial charge in [-0.25, -0.2) is 9.37 Å². The topological polar surface area (TPSA) is 38.9 Å². The lowest BCUT2D eigenvalue weighted by molar-refractivity contribution is 0.626. The van der Waals surface area contributed by atoms with E-state index in [1.807, 2.05) is 0 Å². The molecule has 0 radical (unpaired) electrons. The van der Waals surface area contributed by atoms with Crippen LogP contribution in [-0.4, -0.2) is 4.98 Å². The van der Waals surface area contributed by atoms with Gasteiger partial charge in [0.1, 0.15) is 5.82 Å². The van der Waals surface area contributed by atoms with Crippen LogP contribution in [0.15, 0.2) is 18.2 Å². The number of aromatic nitrogens is 1. The molecule has 0 atom stereocenters. The van der Waals surface area contributed by atoms with Crippen molar-refractivity contribution in [3.63, 3.8) is 0 Å². The normalized spacial score (nSPS) is 15.0. The summed E-state index contributed by atoms with van der Waals surface area (Å²) >= 11 is 7.56. The molecule has 94 valence electrons. The highest BCUT2D eigenvalue weighted by atomic mass is 35.5. The first kappa shape index (κ1) is 11.9. The summed E-state index contributed by atoms with van der Waals surface area (Å²) in [6.07, 6.45) is 2.96. The van der Waals surface area contributed by atoms with Gasteiger partial charge in [0.05, 0.1) is 5.69 Å². The average molecular weight is 283 g/mol. The number of rotatable bonds is 3. The van der Waals surface area contributed by atoms with Gasteiger partial charge in [-0.1, -0.05) is 11.6 Å². The molecule has 1 fully saturated rings. The summed E-state index contributed by atoms with van der Waals surface area (Å²) in [5.74, 6) is 0.278. The van der Waals surface area contributed by atoms with Gasteiger partial charge in [0.25, 0.3) is 0 Å². The molecule has 1 aliphatic carbocycles. The molecule has 1 heterocycles. The van der Waals surface area contributed by atoms with Crippen LogP contribution in [0.4, 0.5) is 9.52 Å². The van der Waals surface area contributed by atoms with Crippen LogP contribution in [-0.2, 0) is 6.42 Å². The van der Waals surface area contributed by atoms with Crippen LogP contribution in [0, 0.1) is 5.82 Å². The van der Waals surface area contributed by atoms with Gasteiger partial charge < -0.3 is 5.73 Å². The van der Waals surface area contributed by atoms with Crippen molar-refractivity contribution in [1.82, 2.24) is 4.98 Å². The minimum Gasteiger partial charge on any atom is -0.375 e. The van der Waals surface area contributed by atoms with Gasteiger partial charge in [0, 0.05) is 22.2 Å². The van der Waals surface area contributed by atoms with Crippen molar-refractivity contribution in [3.8, 4) is 0 Å². The first-order chi connectivity index (χ1) is 8.63. The van der Waals surface area contributed by atoms with Gasteiger partial charge in [0.2, 0.25) is 0 Å². The number of nitrogen functional groups attached to an aromatic ring is 1. The number of hydrogen-bond donors (Lipinski definition) is 1. The van der Waals surface area contributed by atoms with E-state index in [-0.39, 0.29) is 5.82 Å². The Balaban J connectivity index is 1.94. The van der Waals surface area contributed by atoms with Crippen LogP contribution < -0.4 is 5.73 Å². The zero-order valence-electron chi connectivity index (χ0n) is 9.62. The molecule has 0 aliphatic heterocycles. The van der Waals surface area contributed by atoms with Crippen molar-refractivity contribution in [2.75, 3.05) is 5.73 Å². The fourth-order valence-electron chi connectivity index (χ4n) is 2.04. The predicted molar refractivity (Wildman–Crippen MR) is 72.7 cm³/mol. The first-order valence-corrected chi connectivity index (χ1v) is 7.02. The fourth-order valence-corrected chi connectivity index (χ4v) is 3.16. The van der Waals surface area contributed by atoms with Crippen LogP contribution in [0.2, 0.25) is 5.02 Å². The van der Waals surface area contributed by atoms with E-state index >= 15 is 0 Å². The van der Waals surface area contributed by atoms with E-state index in [0.29, 0.717) is 22.5 Å². The fraction of sp³-hybridized carbons (Fsp3) is 0.308. The highest BCUT2D eigenvalue weighted by Crippen LogP contribution is 2.44. The lowest BCUT2D eigenvalue weighted by Gasteiger charge is -2.04. The summed E-state index contributed by atoms with van der Waals surface area (Å²) < 4.78 is 13.2. The highest BCUT2D eigenvalue weighted by molar-refractivity contribution is 7.15. The predicted octanol–water partition coefficient (Wildman–Crippen LogP) is 3.99. The van der Waals surface area contributed by atoms with Gasteiger partial charge in [0.15, 0.2) is 5.13 Å². The van der Waals surface area contributed by atoms with E-state index in [9.17, 15) is 4.39 Å². The van der Waals surface area contributed by atoms with Crippen molar-refractivity contribution in [2.45, 2.75) is 25.2 Å². The molecule has 1 aromatic carbocycles. The maximum absolute atomic E-state index is 13.2. The third-order valence-corrected chi connectivity index (χ3v) is 4.34. The molecule has 0 bridgehead atoms. The molecule has 0 saturated heterocycles. The lowest BCUT2D eigenvalue weighted by atomic mass is 10.1. The summed E-state index contributed by atoms with van der Waals surface area (Å²) in [5.41, 5.74) is 7.64. The monoisotopic (exact) mass is 282 g/mol. The number of halogens is 2. The van der Waals surface area contributed by atoms with E-state index in [1.54, 1.807) is 6.07 Å². The molecule has 0 unspecified atom stereocenters. The number of anilines is 1. The zero-order valence-corrected chi connectivity index (χ0v) is 11.2. The van der Waals surface area contributed by atoms with E-state index in [0.717, 1.165) is 16.1 Å². The molecule has 2 nitrogen and oxygen atoms in total. The van der Waals surface area contributed by atoms with Crippen LogP contribution in [0.3, 0.4) is 0 Å². The quantitative estimate of drug-likeness (QED) is 0.924. The van der Waals surface area contributed by atoms with Gasteiger partial charge in [-0.15, -0.1) is 11.3 Å². The number of hydrogen-bond acceptors (Lipinski definition) is 3. The second-order valence-corrected chi connectivity index (χ2v) is 6.07. The Morgan fingerprint density at radius 1 is 1.44 bits per heavy atom. The number of nitrogens with zero attached hydrogens (tertiary/aromatic N) is 1. The number of thiazole rings is 1. The Labute approximate surface area is 114 Å². The van der Waals surface area contributed by atoms with Crippen LogP contribution in [0.1, 0.15) is 34.9 Å². The molecular weight excluding hydrogens is 271 g/mol. The van der Waals surface area contributed by atoms with E-state index in [1.165, 1.54) is 36.3 Å². The second-order valence-electron chi connectivity index (χ2n) is 4.55. The van der Waals surface area contributed by atoms with Gasteiger partial charge in [-0.05, 0) is 36.6 Å². The Morgan fingerprint density at radius 3 is 2.94 bits per heavy atom. The van der Waals surface area contributed by atoms with Crippen molar-refractivity contribution in [3.05, 3.63) is 45.2 Å². The van der Waals surface area contributed by atoms with Crippen molar-refractivity contribution in [1.29, 1.82) is 0 Å². The molecule has 0 amide bonds. The molecule has 5 heteroatoms. The molecule has 18 heavy (non-hydrogen) atoms. The second kappa shape index (κ2) is 4.52. The van der Waals surface area contributed by atoms with E-state index in [4.69, 9.17) is 17.3 Å². The largest absolute Gasteiger partial charge is 0.375 e. The molecule has 1 aliphatic rings. The summed E-state index contributed by atoms with van der Waals surface area (Å²) in [6, 6.07) is 4.44. The summed E-state index contributed by atoms with van der Waals surface area (Å²) in [7, 11) is 0. The third-order valence-electron chi connectivity index (χ3n) is 3.07. The van der Waals surface area contributed by atoms with Crippen molar-refractivity contribution >= 4 is 28.1 Å². The van der Waals surface area contributed by atoms with E-state index in [2.05, 4.69) is 4.98 Å². The van der Waals surface area contributed by atoms with Gasteiger partial charge >= 0.3 is 0 Å². The molecule has 1 saturated carbocycles. The summed E-state index contributed by atoms with van der Waals surface area (Å²) in [5, 5.41) is 1.17. The maximum atomic E-state index is 13.2. The van der Waals surface area contributed by atoms with Crippen LogP contribution >= 0.6 is 22.9 Å². The minimum atomic E-state index is -0.264. The smallest absolute Gasteiger partial charge is 0.180 e. The van der Waals surface area contributed by atoms with Gasteiger partial charge in [-0.2, -0.15) is 0 Å². The summed E-state index contributed by atoms with van der Waals surface area (Å²) in [4.78, 5) is 5.49. The SMILES string of the molecule is Nc1nc(C2CC2)c(Cc2cc(F)ccc2Cl)s1. The average Bonchev–Trinajstić information content (AvgIpc) is 3.09. The van der Waals surface area contributed by atoms with Crippen molar-refractivity contribution in [2.24, 2.45) is 0 Å². The molecule has 3 rings (SSSR count). The molecule has 2 N–H and O–H groups in total. The Kier molecular flexibility index (Phi) is 2.99. The molecule has 2 aromatic rings. The molecule has 1 aromatic heterocycles. The Morgan fingerprint density at radius 2 is 2.22 bits per heavy atom. The molecular formula is C13H12ClFN2S. The van der Waals surface area contributed by atoms with E-state index < -0.39 is 0 Å². The van der Waals surface area contributed by atoms with Gasteiger partial charge in [-0.3, -0.25) is 0 Å². The number of nitrogens with two attached hydrogens (primary N) is 1. The van der Waals surface area contributed by atoms with Crippen LogP contribution in [0.5, 0.6) is 0 Å². The Bertz CT molecular complexity index is 593. The standard InChI is InChI=1S/C13H12ClFN2S/c14-10-4-3-9(15)5-8(10)6-11-12(7-1-2-7)17-13(16)18-11/h3-5,7H,1-2,6H2,(H2,16,17). The molecule has 0 spiro atoms. The van der Waals surface area contributed by atoms with Crippen molar-refractivity contribution < 1.29 is 4.39 Å².